The van der Waals surface area contributed by atoms with Crippen LogP contribution in [0.15, 0.2) is 66.9 Å². The summed E-state index contributed by atoms with van der Waals surface area (Å²) in [5.41, 5.74) is 4.05. The molecule has 0 N–H and O–H groups in total. The fraction of sp³-hybridized carbons (Fsp3) is 0.192. The third-order valence-corrected chi connectivity index (χ3v) is 5.37. The molecule has 0 fully saturated rings. The first-order valence-electron chi connectivity index (χ1n) is 9.99. The number of aromatic nitrogens is 1. The second-order valence-corrected chi connectivity index (χ2v) is 7.08. The van der Waals surface area contributed by atoms with Crippen LogP contribution in [-0.2, 0) is 6.42 Å². The molecule has 0 bridgehead atoms. The molecule has 3 aromatic carbocycles. The summed E-state index contributed by atoms with van der Waals surface area (Å²) in [7, 11) is 6.61. The van der Waals surface area contributed by atoms with Crippen molar-refractivity contribution in [1.29, 1.82) is 0 Å². The first-order chi connectivity index (χ1) is 15.2. The molecule has 0 aliphatic carbocycles. The molecule has 1 heterocycles. The molecule has 5 nitrogen and oxygen atoms in total. The van der Waals surface area contributed by atoms with Gasteiger partial charge in [0.15, 0.2) is 23.0 Å². The van der Waals surface area contributed by atoms with E-state index in [1.165, 1.54) is 0 Å². The molecule has 0 aliphatic rings. The van der Waals surface area contributed by atoms with Crippen molar-refractivity contribution in [1.82, 2.24) is 4.98 Å². The number of nitrogens with zero attached hydrogens (tertiary/aromatic N) is 1. The largest absolute Gasteiger partial charge is 0.493 e. The van der Waals surface area contributed by atoms with E-state index in [9.17, 15) is 0 Å². The van der Waals surface area contributed by atoms with Gasteiger partial charge in [-0.15, -0.1) is 0 Å². The van der Waals surface area contributed by atoms with E-state index in [4.69, 9.17) is 23.9 Å². The Labute approximate surface area is 182 Å². The summed E-state index contributed by atoms with van der Waals surface area (Å²) in [6, 6.07) is 20.2. The molecule has 5 heteroatoms. The summed E-state index contributed by atoms with van der Waals surface area (Å²) in [5.74, 6) is 2.82. The number of benzene rings is 3. The zero-order valence-electron chi connectivity index (χ0n) is 18.1. The lowest BCUT2D eigenvalue weighted by Crippen LogP contribution is -1.99. The van der Waals surface area contributed by atoms with Crippen LogP contribution in [-0.4, -0.2) is 33.4 Å². The maximum atomic E-state index is 5.79. The van der Waals surface area contributed by atoms with Gasteiger partial charge in [-0.3, -0.25) is 4.98 Å². The molecular formula is C26H25NO4. The molecular weight excluding hydrogens is 390 g/mol. The van der Waals surface area contributed by atoms with E-state index in [0.717, 1.165) is 33.2 Å². The Bertz CT molecular complexity index is 1210. The van der Waals surface area contributed by atoms with Crippen LogP contribution in [0, 0.1) is 0 Å². The van der Waals surface area contributed by atoms with Crippen LogP contribution in [0.5, 0.6) is 23.0 Å². The molecule has 1 aromatic heterocycles. The molecule has 0 radical (unpaired) electrons. The first kappa shape index (κ1) is 20.5. The Morgan fingerprint density at radius 3 is 2.10 bits per heavy atom. The average molecular weight is 415 g/mol. The van der Waals surface area contributed by atoms with E-state index in [1.54, 1.807) is 28.4 Å². The quantitative estimate of drug-likeness (QED) is 0.397. The van der Waals surface area contributed by atoms with E-state index in [1.807, 2.05) is 48.7 Å². The number of methoxy groups -OCH3 is 4. The van der Waals surface area contributed by atoms with Gasteiger partial charge in [-0.1, -0.05) is 36.4 Å². The van der Waals surface area contributed by atoms with Gasteiger partial charge in [0.05, 0.1) is 34.1 Å². The van der Waals surface area contributed by atoms with E-state index in [-0.39, 0.29) is 0 Å². The number of ether oxygens (including phenoxy) is 4. The van der Waals surface area contributed by atoms with Crippen LogP contribution >= 0.6 is 0 Å². The second kappa shape index (κ2) is 8.96. The van der Waals surface area contributed by atoms with Gasteiger partial charge in [0.2, 0.25) is 0 Å². The molecule has 0 aliphatic heterocycles. The standard InChI is InChI=1S/C26H25NO4/c1-28-23-11-10-17(15-24(23)29-2)14-22-21-16-20(18-8-6-5-7-9-18)26(31-4)25(30-3)19(21)12-13-27-22/h5-13,15-16H,14H2,1-4H3. The lowest BCUT2D eigenvalue weighted by atomic mass is 9.96. The number of rotatable bonds is 7. The zero-order chi connectivity index (χ0) is 21.8. The Morgan fingerprint density at radius 1 is 0.677 bits per heavy atom. The van der Waals surface area contributed by atoms with Crippen molar-refractivity contribution in [3.63, 3.8) is 0 Å². The topological polar surface area (TPSA) is 49.8 Å². The lowest BCUT2D eigenvalue weighted by Gasteiger charge is -2.17. The monoisotopic (exact) mass is 415 g/mol. The smallest absolute Gasteiger partial charge is 0.169 e. The summed E-state index contributed by atoms with van der Waals surface area (Å²) in [4.78, 5) is 4.70. The number of hydrogen-bond donors (Lipinski definition) is 0. The van der Waals surface area contributed by atoms with Crippen molar-refractivity contribution in [2.75, 3.05) is 28.4 Å². The predicted molar refractivity (Wildman–Crippen MR) is 123 cm³/mol. The summed E-state index contributed by atoms with van der Waals surface area (Å²) in [6.45, 7) is 0. The summed E-state index contributed by atoms with van der Waals surface area (Å²) in [6.07, 6.45) is 2.45. The van der Waals surface area contributed by atoms with Crippen molar-refractivity contribution in [3.05, 3.63) is 78.1 Å². The highest BCUT2D eigenvalue weighted by Crippen LogP contribution is 2.44. The van der Waals surface area contributed by atoms with E-state index in [2.05, 4.69) is 18.2 Å². The van der Waals surface area contributed by atoms with Gasteiger partial charge in [-0.05, 0) is 35.4 Å². The molecule has 0 amide bonds. The molecule has 4 rings (SSSR count). The van der Waals surface area contributed by atoms with Crippen molar-refractivity contribution < 1.29 is 18.9 Å². The molecule has 31 heavy (non-hydrogen) atoms. The third-order valence-electron chi connectivity index (χ3n) is 5.37. The maximum absolute atomic E-state index is 5.79. The van der Waals surface area contributed by atoms with Crippen LogP contribution < -0.4 is 18.9 Å². The highest BCUT2D eigenvalue weighted by atomic mass is 16.5. The van der Waals surface area contributed by atoms with Crippen LogP contribution in [0.1, 0.15) is 11.3 Å². The minimum Gasteiger partial charge on any atom is -0.493 e. The number of fused-ring (bicyclic) bond motifs is 1. The lowest BCUT2D eigenvalue weighted by molar-refractivity contribution is 0.354. The second-order valence-electron chi connectivity index (χ2n) is 7.08. The van der Waals surface area contributed by atoms with Crippen LogP contribution in [0.3, 0.4) is 0 Å². The zero-order valence-corrected chi connectivity index (χ0v) is 18.1. The Balaban J connectivity index is 1.89. The fourth-order valence-electron chi connectivity index (χ4n) is 3.89. The number of hydrogen-bond acceptors (Lipinski definition) is 5. The van der Waals surface area contributed by atoms with Crippen LogP contribution in [0.25, 0.3) is 21.9 Å². The van der Waals surface area contributed by atoms with E-state index < -0.39 is 0 Å². The SMILES string of the molecule is COc1ccc(Cc2nccc3c(OC)c(OC)c(-c4ccccc4)cc23)cc1OC. The molecule has 4 aromatic rings. The minimum atomic E-state index is 0.640. The Hall–Kier alpha value is -3.73. The highest BCUT2D eigenvalue weighted by molar-refractivity contribution is 5.98. The molecule has 0 saturated heterocycles. The first-order valence-corrected chi connectivity index (χ1v) is 9.99. The van der Waals surface area contributed by atoms with Gasteiger partial charge in [0.25, 0.3) is 0 Å². The van der Waals surface area contributed by atoms with Crippen molar-refractivity contribution in [2.45, 2.75) is 6.42 Å². The van der Waals surface area contributed by atoms with Gasteiger partial charge in [0.1, 0.15) is 0 Å². The fourth-order valence-corrected chi connectivity index (χ4v) is 3.89. The van der Waals surface area contributed by atoms with Crippen LogP contribution in [0.4, 0.5) is 0 Å². The summed E-state index contributed by atoms with van der Waals surface area (Å²) < 4.78 is 22.4. The summed E-state index contributed by atoms with van der Waals surface area (Å²) >= 11 is 0. The van der Waals surface area contributed by atoms with Crippen molar-refractivity contribution >= 4 is 10.8 Å². The molecule has 158 valence electrons. The minimum absolute atomic E-state index is 0.640. The Morgan fingerprint density at radius 2 is 1.42 bits per heavy atom. The van der Waals surface area contributed by atoms with Crippen LogP contribution in [0.2, 0.25) is 0 Å². The molecule has 0 spiro atoms. The van der Waals surface area contributed by atoms with Crippen molar-refractivity contribution in [3.8, 4) is 34.1 Å². The van der Waals surface area contributed by atoms with Gasteiger partial charge >= 0.3 is 0 Å². The summed E-state index contributed by atoms with van der Waals surface area (Å²) in [5, 5.41) is 1.98. The normalized spacial score (nSPS) is 10.7. The third kappa shape index (κ3) is 3.87. The van der Waals surface area contributed by atoms with Gasteiger partial charge in [-0.2, -0.15) is 0 Å². The molecule has 0 saturated carbocycles. The molecule has 0 unspecified atom stereocenters. The maximum Gasteiger partial charge on any atom is 0.169 e. The average Bonchev–Trinajstić information content (AvgIpc) is 2.83. The van der Waals surface area contributed by atoms with E-state index >= 15 is 0 Å². The van der Waals surface area contributed by atoms with Gasteiger partial charge < -0.3 is 18.9 Å². The molecule has 0 atom stereocenters. The van der Waals surface area contributed by atoms with Gasteiger partial charge in [0, 0.05) is 29.0 Å². The highest BCUT2D eigenvalue weighted by Gasteiger charge is 2.19. The van der Waals surface area contributed by atoms with Crippen molar-refractivity contribution in [2.24, 2.45) is 0 Å². The Kier molecular flexibility index (Phi) is 5.94. The van der Waals surface area contributed by atoms with E-state index in [0.29, 0.717) is 29.4 Å². The predicted octanol–water partition coefficient (Wildman–Crippen LogP) is 5.53. The van der Waals surface area contributed by atoms with Gasteiger partial charge in [-0.25, -0.2) is 0 Å². The number of pyridine rings is 1.